The number of carbonyl (C=O) groups is 4. The van der Waals surface area contributed by atoms with Crippen molar-refractivity contribution < 1.29 is 42.2 Å². The summed E-state index contributed by atoms with van der Waals surface area (Å²) in [5, 5.41) is 7.81. The van der Waals surface area contributed by atoms with Crippen LogP contribution >= 0.6 is 0 Å². The molecular weight excluding hydrogens is 382 g/mol. The molecular formula is C16H19NO9S. The lowest BCUT2D eigenvalue weighted by atomic mass is 10.0. The van der Waals surface area contributed by atoms with E-state index in [1.165, 1.54) is 0 Å². The number of hydrogen-bond acceptors (Lipinski definition) is 8. The Balaban J connectivity index is 2.43. The largest absolute Gasteiger partial charge is 0.477 e. The first kappa shape index (κ1) is 20.6. The molecule has 2 aliphatic rings. The smallest absolute Gasteiger partial charge is 0.352 e. The van der Waals surface area contributed by atoms with Gasteiger partial charge < -0.3 is 14.6 Å². The number of ether oxygens (including phenoxy) is 2. The van der Waals surface area contributed by atoms with E-state index in [0.29, 0.717) is 4.90 Å². The molecule has 0 saturated carbocycles. The van der Waals surface area contributed by atoms with Crippen molar-refractivity contribution >= 4 is 33.7 Å². The summed E-state index contributed by atoms with van der Waals surface area (Å²) in [5.74, 6) is -4.84. The van der Waals surface area contributed by atoms with Crippen LogP contribution in [0.25, 0.3) is 0 Å². The van der Waals surface area contributed by atoms with Crippen molar-refractivity contribution in [1.82, 2.24) is 4.90 Å². The zero-order chi connectivity index (χ0) is 20.7. The van der Waals surface area contributed by atoms with Gasteiger partial charge in [-0.05, 0) is 20.8 Å². The van der Waals surface area contributed by atoms with Gasteiger partial charge in [-0.1, -0.05) is 0 Å². The second-order valence-electron chi connectivity index (χ2n) is 7.01. The third-order valence-corrected chi connectivity index (χ3v) is 5.49. The highest BCUT2D eigenvalue weighted by Crippen LogP contribution is 2.40. The van der Waals surface area contributed by atoms with Crippen molar-refractivity contribution in [2.45, 2.75) is 38.7 Å². The van der Waals surface area contributed by atoms with E-state index in [1.807, 2.05) is 0 Å². The topological polar surface area (TPSA) is 144 Å². The van der Waals surface area contributed by atoms with E-state index in [-0.39, 0.29) is 11.1 Å². The molecule has 1 fully saturated rings. The molecule has 10 nitrogen and oxygen atoms in total. The number of hydrogen-bond donors (Lipinski definition) is 1. The molecule has 1 atom stereocenters. The third kappa shape index (κ3) is 4.18. The number of carboxylic acid groups (broad SMARTS) is 1. The molecule has 1 amide bonds. The van der Waals surface area contributed by atoms with Gasteiger partial charge in [0.1, 0.15) is 17.9 Å². The van der Waals surface area contributed by atoms with E-state index in [1.54, 1.807) is 20.8 Å². The van der Waals surface area contributed by atoms with Crippen LogP contribution in [-0.4, -0.2) is 65.6 Å². The summed E-state index contributed by atoms with van der Waals surface area (Å²) in [5.41, 5.74) is -2.01. The first-order valence-corrected chi connectivity index (χ1v) is 9.54. The molecule has 0 aromatic carbocycles. The van der Waals surface area contributed by atoms with Crippen LogP contribution in [0.1, 0.15) is 27.7 Å². The highest BCUT2D eigenvalue weighted by molar-refractivity contribution is 7.92. The number of amides is 1. The molecule has 0 spiro atoms. The minimum atomic E-state index is -4.04. The highest BCUT2D eigenvalue weighted by atomic mass is 32.2. The maximum atomic E-state index is 12.5. The first-order chi connectivity index (χ1) is 12.2. The van der Waals surface area contributed by atoms with Crippen LogP contribution in [0.5, 0.6) is 0 Å². The van der Waals surface area contributed by atoms with Crippen molar-refractivity contribution in [1.29, 1.82) is 0 Å². The Labute approximate surface area is 155 Å². The van der Waals surface area contributed by atoms with Crippen LogP contribution < -0.4 is 0 Å². The molecule has 2 heterocycles. The Morgan fingerprint density at radius 2 is 1.89 bits per heavy atom. The molecule has 1 N–H and O–H groups in total. The highest BCUT2D eigenvalue weighted by Gasteiger charge is 2.57. The molecule has 1 saturated heterocycles. The minimum Gasteiger partial charge on any atom is -0.477 e. The van der Waals surface area contributed by atoms with E-state index < -0.39 is 62.7 Å². The number of esters is 2. The van der Waals surface area contributed by atoms with Crippen molar-refractivity contribution in [2.24, 2.45) is 0 Å². The monoisotopic (exact) mass is 401 g/mol. The van der Waals surface area contributed by atoms with Gasteiger partial charge in [-0.15, -0.1) is 0 Å². The van der Waals surface area contributed by atoms with Gasteiger partial charge in [0.15, 0.2) is 15.2 Å². The molecule has 0 aromatic heterocycles. The molecule has 0 aromatic rings. The van der Waals surface area contributed by atoms with Crippen molar-refractivity contribution in [2.75, 3.05) is 12.4 Å². The quantitative estimate of drug-likeness (QED) is 0.383. The fourth-order valence-corrected chi connectivity index (χ4v) is 4.64. The average Bonchev–Trinajstić information content (AvgIpc) is 2.47. The molecule has 2 aliphatic heterocycles. The third-order valence-electron chi connectivity index (χ3n) is 3.59. The molecule has 27 heavy (non-hydrogen) atoms. The summed E-state index contributed by atoms with van der Waals surface area (Å²) in [6, 6.07) is 0. The maximum absolute atomic E-state index is 12.5. The Bertz CT molecular complexity index is 889. The van der Waals surface area contributed by atoms with Gasteiger partial charge in [-0.3, -0.25) is 14.5 Å². The summed E-state index contributed by atoms with van der Waals surface area (Å²) in [6.45, 7) is 5.31. The van der Waals surface area contributed by atoms with Crippen LogP contribution in [0.2, 0.25) is 0 Å². The Morgan fingerprint density at radius 1 is 1.30 bits per heavy atom. The summed E-state index contributed by atoms with van der Waals surface area (Å²) >= 11 is 0. The lowest BCUT2D eigenvalue weighted by Gasteiger charge is -2.45. The summed E-state index contributed by atoms with van der Waals surface area (Å²) in [6.07, 6.45) is 0.767. The van der Waals surface area contributed by atoms with Crippen LogP contribution in [0.3, 0.4) is 0 Å². The first-order valence-electron chi connectivity index (χ1n) is 7.83. The number of nitrogens with zero attached hydrogens (tertiary/aromatic N) is 1. The van der Waals surface area contributed by atoms with Gasteiger partial charge in [-0.2, -0.15) is 0 Å². The molecule has 11 heteroatoms. The standard InChI is InChI=1S/C16H19NO9S/c1-8(18)25-6-9-7-27(23,24)14-10(5-11(19)26-16(2,3)4)13(20)17(14)12(9)15(21)22/h5,14H,6-7H2,1-4H3,(H,21,22)/b10-5+. The Kier molecular flexibility index (Phi) is 5.19. The Hall–Kier alpha value is -2.69. The Morgan fingerprint density at radius 3 is 2.37 bits per heavy atom. The molecule has 0 bridgehead atoms. The number of β-lactam (4-membered cyclic amide) rings is 1. The van der Waals surface area contributed by atoms with E-state index in [4.69, 9.17) is 9.47 Å². The van der Waals surface area contributed by atoms with E-state index in [0.717, 1.165) is 13.0 Å². The van der Waals surface area contributed by atoms with Crippen LogP contribution in [0.15, 0.2) is 22.9 Å². The summed E-state index contributed by atoms with van der Waals surface area (Å²) < 4.78 is 34.8. The number of aliphatic carboxylic acids is 1. The normalized spacial score (nSPS) is 22.8. The van der Waals surface area contributed by atoms with Gasteiger partial charge >= 0.3 is 17.9 Å². The average molecular weight is 401 g/mol. The lowest BCUT2D eigenvalue weighted by molar-refractivity contribution is -0.149. The number of fused-ring (bicyclic) bond motifs is 1. The molecule has 2 rings (SSSR count). The van der Waals surface area contributed by atoms with Crippen molar-refractivity contribution in [3.8, 4) is 0 Å². The predicted octanol–water partition coefficient (Wildman–Crippen LogP) is -0.247. The van der Waals surface area contributed by atoms with Gasteiger partial charge in [0, 0.05) is 18.6 Å². The maximum Gasteiger partial charge on any atom is 0.352 e. The number of carbonyl (C=O) groups excluding carboxylic acids is 3. The van der Waals surface area contributed by atoms with Crippen LogP contribution in [0, 0.1) is 0 Å². The molecule has 0 radical (unpaired) electrons. The minimum absolute atomic E-state index is 0.224. The number of sulfone groups is 1. The zero-order valence-electron chi connectivity index (χ0n) is 15.1. The van der Waals surface area contributed by atoms with Gasteiger partial charge in [0.25, 0.3) is 5.91 Å². The second kappa shape index (κ2) is 6.80. The van der Waals surface area contributed by atoms with Crippen LogP contribution in [-0.2, 0) is 38.5 Å². The predicted molar refractivity (Wildman–Crippen MR) is 89.6 cm³/mol. The van der Waals surface area contributed by atoms with Crippen molar-refractivity contribution in [3.63, 3.8) is 0 Å². The van der Waals surface area contributed by atoms with E-state index in [2.05, 4.69) is 0 Å². The van der Waals surface area contributed by atoms with Crippen LogP contribution in [0.4, 0.5) is 0 Å². The fraction of sp³-hybridized carbons (Fsp3) is 0.500. The SMILES string of the molecule is CC(=O)OCC1=C(C(=O)O)N2C(=O)/C(=C\C(=O)OC(C)(C)C)C2S(=O)(=O)C1. The van der Waals surface area contributed by atoms with Crippen molar-refractivity contribution in [3.05, 3.63) is 22.9 Å². The van der Waals surface area contributed by atoms with Gasteiger partial charge in [-0.25, -0.2) is 18.0 Å². The van der Waals surface area contributed by atoms with Gasteiger partial charge in [0.2, 0.25) is 0 Å². The van der Waals surface area contributed by atoms with E-state index >= 15 is 0 Å². The fourth-order valence-electron chi connectivity index (χ4n) is 2.70. The molecule has 0 aliphatic carbocycles. The number of carboxylic acids is 1. The van der Waals surface area contributed by atoms with Gasteiger partial charge in [0.05, 0.1) is 11.3 Å². The lowest BCUT2D eigenvalue weighted by Crippen LogP contribution is -2.62. The number of rotatable bonds is 4. The molecule has 1 unspecified atom stereocenters. The summed E-state index contributed by atoms with van der Waals surface area (Å²) in [7, 11) is -4.04. The molecule has 148 valence electrons. The zero-order valence-corrected chi connectivity index (χ0v) is 16.0. The second-order valence-corrected chi connectivity index (χ2v) is 9.07. The summed E-state index contributed by atoms with van der Waals surface area (Å²) in [4.78, 5) is 47.4. The van der Waals surface area contributed by atoms with E-state index in [9.17, 15) is 32.7 Å².